The molecule has 0 saturated heterocycles. The van der Waals surface area contributed by atoms with Crippen molar-refractivity contribution in [1.29, 1.82) is 0 Å². The number of nitrogens with two attached hydrogens (primary N) is 2. The Kier molecular flexibility index (Phi) is 11.5. The van der Waals surface area contributed by atoms with E-state index in [1.807, 2.05) is 60.7 Å². The smallest absolute Gasteiger partial charge is 0.407 e. The van der Waals surface area contributed by atoms with Crippen LogP contribution in [0, 0.1) is 11.8 Å². The molecule has 2 aliphatic rings. The Balaban J connectivity index is 0.000000201. The first-order valence-electron chi connectivity index (χ1n) is 12.9. The standard InChI is InChI=1S/2C14H20N2O2/c2*15-13-7-6-12(8-13)9-16-14(17)18-10-11-4-2-1-3-5-11/h2*1-5,12-13H,6-10,15H2,(H,16,17)/t2*12-,13+/m10/s1. The molecule has 0 heterocycles. The predicted octanol–water partition coefficient (Wildman–Crippen LogP) is 4.08. The maximum Gasteiger partial charge on any atom is 0.407 e. The molecule has 2 aliphatic carbocycles. The van der Waals surface area contributed by atoms with Gasteiger partial charge in [-0.2, -0.15) is 0 Å². The second-order valence-electron chi connectivity index (χ2n) is 9.76. The molecule has 2 aromatic rings. The van der Waals surface area contributed by atoms with Crippen LogP contribution in [0.2, 0.25) is 0 Å². The molecular weight excluding hydrogens is 456 g/mol. The van der Waals surface area contributed by atoms with Crippen molar-refractivity contribution in [2.75, 3.05) is 13.1 Å². The van der Waals surface area contributed by atoms with Crippen LogP contribution in [0.5, 0.6) is 0 Å². The van der Waals surface area contributed by atoms with E-state index < -0.39 is 0 Å². The highest BCUT2D eigenvalue weighted by atomic mass is 16.6. The molecule has 2 saturated carbocycles. The first-order chi connectivity index (χ1) is 17.5. The lowest BCUT2D eigenvalue weighted by atomic mass is 10.1. The number of hydrogen-bond acceptors (Lipinski definition) is 6. The van der Waals surface area contributed by atoms with Gasteiger partial charge in [0.05, 0.1) is 0 Å². The zero-order chi connectivity index (χ0) is 25.6. The molecule has 2 aromatic carbocycles. The van der Waals surface area contributed by atoms with Crippen LogP contribution in [-0.2, 0) is 22.7 Å². The summed E-state index contributed by atoms with van der Waals surface area (Å²) in [6.07, 6.45) is 5.62. The third-order valence-corrected chi connectivity index (χ3v) is 6.66. The van der Waals surface area contributed by atoms with Crippen LogP contribution in [0.4, 0.5) is 9.59 Å². The van der Waals surface area contributed by atoms with Crippen LogP contribution in [0.3, 0.4) is 0 Å². The van der Waals surface area contributed by atoms with Crippen LogP contribution in [0.1, 0.15) is 49.7 Å². The van der Waals surface area contributed by atoms with Gasteiger partial charge in [0.25, 0.3) is 0 Å². The van der Waals surface area contributed by atoms with Crippen molar-refractivity contribution in [3.63, 3.8) is 0 Å². The van der Waals surface area contributed by atoms with Gasteiger partial charge in [0.2, 0.25) is 0 Å². The summed E-state index contributed by atoms with van der Waals surface area (Å²) in [5.41, 5.74) is 13.6. The van der Waals surface area contributed by atoms with Gasteiger partial charge in [-0.3, -0.25) is 0 Å². The van der Waals surface area contributed by atoms with E-state index in [1.165, 1.54) is 0 Å². The van der Waals surface area contributed by atoms with Crippen molar-refractivity contribution in [3.05, 3.63) is 71.8 Å². The third kappa shape index (κ3) is 10.7. The minimum atomic E-state index is -0.348. The summed E-state index contributed by atoms with van der Waals surface area (Å²) in [5, 5.41) is 5.60. The Morgan fingerprint density at radius 2 is 1.06 bits per heavy atom. The summed E-state index contributed by atoms with van der Waals surface area (Å²) in [7, 11) is 0. The van der Waals surface area contributed by atoms with E-state index in [2.05, 4.69) is 10.6 Å². The number of benzene rings is 2. The van der Waals surface area contributed by atoms with E-state index in [0.29, 0.717) is 50.2 Å². The number of ether oxygens (including phenoxy) is 2. The highest BCUT2D eigenvalue weighted by Gasteiger charge is 2.23. The highest BCUT2D eigenvalue weighted by Crippen LogP contribution is 2.23. The zero-order valence-electron chi connectivity index (χ0n) is 20.9. The first kappa shape index (κ1) is 27.5. The van der Waals surface area contributed by atoms with Gasteiger partial charge >= 0.3 is 12.2 Å². The van der Waals surface area contributed by atoms with E-state index in [4.69, 9.17) is 20.9 Å². The number of hydrogen-bond donors (Lipinski definition) is 4. The maximum atomic E-state index is 11.5. The third-order valence-electron chi connectivity index (χ3n) is 6.66. The van der Waals surface area contributed by atoms with E-state index in [9.17, 15) is 9.59 Å². The highest BCUT2D eigenvalue weighted by molar-refractivity contribution is 5.67. The number of nitrogens with one attached hydrogen (secondary N) is 2. The molecule has 0 bridgehead atoms. The number of amides is 2. The van der Waals surface area contributed by atoms with Crippen LogP contribution in [0.25, 0.3) is 0 Å². The average molecular weight is 497 g/mol. The number of carbonyl (C=O) groups is 2. The molecule has 6 N–H and O–H groups in total. The Morgan fingerprint density at radius 1 is 0.667 bits per heavy atom. The minimum Gasteiger partial charge on any atom is -0.445 e. The van der Waals surface area contributed by atoms with Gasteiger partial charge in [-0.1, -0.05) is 60.7 Å². The van der Waals surface area contributed by atoms with E-state index >= 15 is 0 Å². The Morgan fingerprint density at radius 3 is 1.39 bits per heavy atom. The summed E-state index contributed by atoms with van der Waals surface area (Å²) < 4.78 is 10.3. The molecule has 4 rings (SSSR count). The van der Waals surface area contributed by atoms with Crippen LogP contribution in [-0.4, -0.2) is 37.4 Å². The molecule has 0 aliphatic heterocycles. The fourth-order valence-corrected chi connectivity index (χ4v) is 4.60. The lowest BCUT2D eigenvalue weighted by Crippen LogP contribution is -2.29. The number of rotatable bonds is 8. The fourth-order valence-electron chi connectivity index (χ4n) is 4.60. The van der Waals surface area contributed by atoms with Gasteiger partial charge in [0.15, 0.2) is 0 Å². The summed E-state index contributed by atoms with van der Waals surface area (Å²) in [6, 6.07) is 19.9. The Labute approximate surface area is 214 Å². The van der Waals surface area contributed by atoms with Gasteiger partial charge < -0.3 is 31.6 Å². The predicted molar refractivity (Wildman–Crippen MR) is 140 cm³/mol. The van der Waals surface area contributed by atoms with Crippen molar-refractivity contribution < 1.29 is 19.1 Å². The molecule has 0 aromatic heterocycles. The summed E-state index contributed by atoms with van der Waals surface area (Å²) in [5.74, 6) is 1.01. The Hall–Kier alpha value is -3.10. The minimum absolute atomic E-state index is 0.303. The molecule has 196 valence electrons. The molecule has 0 unspecified atom stereocenters. The Bertz CT molecular complexity index is 837. The van der Waals surface area contributed by atoms with Gasteiger partial charge in [0, 0.05) is 25.2 Å². The molecule has 0 radical (unpaired) electrons. The second-order valence-corrected chi connectivity index (χ2v) is 9.76. The molecule has 0 spiro atoms. The van der Waals surface area contributed by atoms with Crippen molar-refractivity contribution in [2.45, 2.75) is 63.8 Å². The van der Waals surface area contributed by atoms with Gasteiger partial charge in [-0.05, 0) is 61.5 Å². The van der Waals surface area contributed by atoms with E-state index in [0.717, 1.165) is 49.7 Å². The van der Waals surface area contributed by atoms with Crippen molar-refractivity contribution in [1.82, 2.24) is 10.6 Å². The van der Waals surface area contributed by atoms with Gasteiger partial charge in [-0.15, -0.1) is 0 Å². The summed E-state index contributed by atoms with van der Waals surface area (Å²) in [6.45, 7) is 1.97. The molecule has 2 fully saturated rings. The van der Waals surface area contributed by atoms with Crippen molar-refractivity contribution in [2.24, 2.45) is 23.3 Å². The first-order valence-corrected chi connectivity index (χ1v) is 12.9. The topological polar surface area (TPSA) is 129 Å². The van der Waals surface area contributed by atoms with Crippen molar-refractivity contribution >= 4 is 12.2 Å². The normalized spacial score (nSPS) is 22.7. The van der Waals surface area contributed by atoms with Crippen LogP contribution in [0.15, 0.2) is 60.7 Å². The zero-order valence-corrected chi connectivity index (χ0v) is 20.9. The lowest BCUT2D eigenvalue weighted by Gasteiger charge is -2.11. The van der Waals surface area contributed by atoms with Crippen molar-refractivity contribution in [3.8, 4) is 0 Å². The van der Waals surface area contributed by atoms with E-state index in [-0.39, 0.29) is 12.2 Å². The van der Waals surface area contributed by atoms with E-state index in [1.54, 1.807) is 0 Å². The monoisotopic (exact) mass is 496 g/mol. The molecular formula is C28H40N4O4. The van der Waals surface area contributed by atoms with Crippen LogP contribution < -0.4 is 22.1 Å². The van der Waals surface area contributed by atoms with Gasteiger partial charge in [-0.25, -0.2) is 9.59 Å². The molecule has 8 heteroatoms. The SMILES string of the molecule is N[C@@H]1CC[C@H](CNC(=O)OCc2ccccc2)C1.N[C@H]1CC[C@@H](CNC(=O)OCc2ccccc2)C1. The summed E-state index contributed by atoms with van der Waals surface area (Å²) >= 11 is 0. The summed E-state index contributed by atoms with van der Waals surface area (Å²) in [4.78, 5) is 23.0. The van der Waals surface area contributed by atoms with Gasteiger partial charge in [0.1, 0.15) is 13.2 Å². The molecule has 36 heavy (non-hydrogen) atoms. The number of carbonyl (C=O) groups excluding carboxylic acids is 2. The molecule has 2 amide bonds. The maximum absolute atomic E-state index is 11.5. The van der Waals surface area contributed by atoms with Crippen LogP contribution >= 0.6 is 0 Å². The average Bonchev–Trinajstić information content (AvgIpc) is 3.52. The second kappa shape index (κ2) is 15.1. The lowest BCUT2D eigenvalue weighted by molar-refractivity contribution is 0.137. The fraction of sp³-hybridized carbons (Fsp3) is 0.500. The molecule has 8 nitrogen and oxygen atoms in total. The largest absolute Gasteiger partial charge is 0.445 e. The number of alkyl carbamates (subject to hydrolysis) is 2. The quantitative estimate of drug-likeness (QED) is 0.436. The molecule has 4 atom stereocenters.